The average molecular weight is 1480 g/mol. The summed E-state index contributed by atoms with van der Waals surface area (Å²) < 4.78 is 126. The Bertz CT molecular complexity index is 4090. The molecule has 0 saturated heterocycles. The molecule has 542 valence electrons. The Kier molecular flexibility index (Phi) is 26.7. The van der Waals surface area contributed by atoms with Gasteiger partial charge in [0.2, 0.25) is 63.0 Å². The van der Waals surface area contributed by atoms with Crippen LogP contribution in [0.3, 0.4) is 0 Å². The first-order chi connectivity index (χ1) is 48.0. The molecular formula is C60H68Cl3F8N23O7. The number of nitrogens with two attached hydrogens (primary N) is 1. The number of aromatic nitrogens is 16. The molecule has 4 saturated carbocycles. The molecule has 41 heteroatoms. The molecule has 0 bridgehead atoms. The van der Waals surface area contributed by atoms with Crippen LogP contribution in [0.4, 0.5) is 58.4 Å². The van der Waals surface area contributed by atoms with Crippen LogP contribution in [-0.4, -0.2) is 164 Å². The lowest BCUT2D eigenvalue weighted by Crippen LogP contribution is -2.32. The summed E-state index contributed by atoms with van der Waals surface area (Å²) in [5.41, 5.74) is 7.01. The van der Waals surface area contributed by atoms with Crippen molar-refractivity contribution in [2.45, 2.75) is 178 Å². The van der Waals surface area contributed by atoms with Gasteiger partial charge in [0.05, 0.1) is 13.2 Å². The second-order valence-corrected chi connectivity index (χ2v) is 24.2. The minimum atomic E-state index is -2.62. The number of nitriles is 1. The van der Waals surface area contributed by atoms with Gasteiger partial charge in [0.25, 0.3) is 5.95 Å². The Morgan fingerprint density at radius 3 is 1.44 bits per heavy atom. The summed E-state index contributed by atoms with van der Waals surface area (Å²) in [6.45, 7) is 7.39. The Morgan fingerprint density at radius 2 is 1.02 bits per heavy atom. The van der Waals surface area contributed by atoms with Crippen molar-refractivity contribution in [3.8, 4) is 35.1 Å². The maximum Gasteiger partial charge on any atom is 0.358 e. The monoisotopic (exact) mass is 1480 g/mol. The van der Waals surface area contributed by atoms with Crippen LogP contribution in [0.2, 0.25) is 15.9 Å². The van der Waals surface area contributed by atoms with Gasteiger partial charge in [0, 0.05) is 126 Å². The first kappa shape index (κ1) is 77.0. The predicted octanol–water partition coefficient (Wildman–Crippen LogP) is 12.5. The van der Waals surface area contributed by atoms with E-state index in [1.807, 2.05) is 6.07 Å². The highest BCUT2D eigenvalue weighted by Gasteiger charge is 2.38. The molecule has 8 aromatic heterocycles. The number of esters is 2. The quantitative estimate of drug-likeness (QED) is 0.00898. The largest absolute Gasteiger partial charge is 0.461 e. The number of nitrogens with one attached hydrogen (secondary N) is 5. The molecule has 0 aliphatic heterocycles. The SMILES string of the molecule is CCOC(=O)c1ccn(-c2nc(NC3CCC(F)(F)CC3)cc(-c3noc(C)n3)n2)n1.CCOC(=O)c1ccn[nH]1.Cc1nc(-c2cc(NC3CCC(F)(F)CC3)nc(Cl)n2)no1.N#Cc1cc(NC2CCC(F)(F)CC2)nc(Cl)n1.N/C(=N\O)c1cc(NC2CCC(F)(F)CC2)nc(Cl)n1. The van der Waals surface area contributed by atoms with Gasteiger partial charge in [-0.15, -0.1) is 0 Å². The lowest BCUT2D eigenvalue weighted by atomic mass is 9.92. The fraction of sp³-hybridized carbons (Fsp3) is 0.500. The van der Waals surface area contributed by atoms with Gasteiger partial charge < -0.3 is 50.7 Å². The summed E-state index contributed by atoms with van der Waals surface area (Å²) in [7, 11) is 0. The van der Waals surface area contributed by atoms with Gasteiger partial charge in [-0.25, -0.2) is 84.3 Å². The predicted molar refractivity (Wildman–Crippen MR) is 347 cm³/mol. The summed E-state index contributed by atoms with van der Waals surface area (Å²) in [6.07, 6.45) is 4.67. The number of oxime groups is 1. The highest BCUT2D eigenvalue weighted by Crippen LogP contribution is 2.38. The molecule has 0 aromatic carbocycles. The Hall–Kier alpha value is -9.77. The van der Waals surface area contributed by atoms with E-state index in [1.165, 1.54) is 35.3 Å². The van der Waals surface area contributed by atoms with Gasteiger partial charge in [0.15, 0.2) is 11.5 Å². The van der Waals surface area contributed by atoms with Crippen molar-refractivity contribution in [1.82, 2.24) is 80.1 Å². The van der Waals surface area contributed by atoms with Crippen LogP contribution in [-0.2, 0) is 9.47 Å². The Labute approximate surface area is 585 Å². The van der Waals surface area contributed by atoms with E-state index in [2.05, 4.69) is 107 Å². The lowest BCUT2D eigenvalue weighted by Gasteiger charge is -2.29. The molecule has 8 heterocycles. The number of ether oxygens (including phenoxy) is 2. The third kappa shape index (κ3) is 24.2. The fourth-order valence-electron chi connectivity index (χ4n) is 10.3. The van der Waals surface area contributed by atoms with Crippen LogP contribution in [0.5, 0.6) is 0 Å². The molecule has 8 N–H and O–H groups in total. The summed E-state index contributed by atoms with van der Waals surface area (Å²) >= 11 is 17.3. The van der Waals surface area contributed by atoms with Crippen LogP contribution in [0.15, 0.2) is 63.0 Å². The minimum absolute atomic E-state index is 0.0299. The molecule has 0 atom stereocenters. The van der Waals surface area contributed by atoms with E-state index in [9.17, 15) is 44.7 Å². The van der Waals surface area contributed by atoms with Crippen LogP contribution in [0.1, 0.15) is 161 Å². The third-order valence-electron chi connectivity index (χ3n) is 15.4. The Morgan fingerprint density at radius 1 is 0.604 bits per heavy atom. The number of rotatable bonds is 16. The maximum atomic E-state index is 13.5. The number of hydrogen-bond acceptors (Lipinski definition) is 27. The molecule has 0 spiro atoms. The number of alkyl halides is 8. The number of hydrogen-bond donors (Lipinski definition) is 7. The molecule has 8 aromatic rings. The van der Waals surface area contributed by atoms with E-state index in [0.717, 1.165) is 0 Å². The molecule has 4 fully saturated rings. The van der Waals surface area contributed by atoms with Gasteiger partial charge in [-0.3, -0.25) is 5.10 Å². The highest BCUT2D eigenvalue weighted by atomic mass is 35.5. The van der Waals surface area contributed by atoms with Crippen molar-refractivity contribution >= 4 is 75.8 Å². The number of aromatic amines is 1. The number of aryl methyl sites for hydroxylation is 2. The number of nitrogens with zero attached hydrogens (tertiary/aromatic N) is 17. The smallest absolute Gasteiger partial charge is 0.358 e. The van der Waals surface area contributed by atoms with Gasteiger partial charge in [-0.1, -0.05) is 15.5 Å². The molecule has 0 radical (unpaired) electrons. The van der Waals surface area contributed by atoms with Crippen LogP contribution in [0.25, 0.3) is 29.0 Å². The zero-order valence-corrected chi connectivity index (χ0v) is 56.7. The molecule has 101 heavy (non-hydrogen) atoms. The van der Waals surface area contributed by atoms with Crippen molar-refractivity contribution < 1.29 is 68.4 Å². The van der Waals surface area contributed by atoms with Gasteiger partial charge in [-0.2, -0.15) is 30.4 Å². The molecule has 4 aliphatic carbocycles. The molecule has 0 amide bonds. The van der Waals surface area contributed by atoms with E-state index in [4.69, 9.17) is 64.8 Å². The van der Waals surface area contributed by atoms with Crippen molar-refractivity contribution in [3.63, 3.8) is 0 Å². The summed E-state index contributed by atoms with van der Waals surface area (Å²) in [6, 6.07) is 10.7. The van der Waals surface area contributed by atoms with E-state index >= 15 is 0 Å². The molecular weight excluding hydrogens is 1410 g/mol. The van der Waals surface area contributed by atoms with E-state index in [0.29, 0.717) is 116 Å². The second-order valence-electron chi connectivity index (χ2n) is 23.2. The number of carbonyl (C=O) groups excluding carboxylic acids is 2. The van der Waals surface area contributed by atoms with E-state index in [1.54, 1.807) is 45.9 Å². The highest BCUT2D eigenvalue weighted by molar-refractivity contribution is 6.29. The normalized spacial score (nSPS) is 17.3. The fourth-order valence-corrected chi connectivity index (χ4v) is 10.8. The van der Waals surface area contributed by atoms with Gasteiger partial charge >= 0.3 is 11.9 Å². The molecule has 4 aliphatic rings. The summed E-state index contributed by atoms with van der Waals surface area (Å²) in [5.74, 6) is -8.33. The van der Waals surface area contributed by atoms with Gasteiger partial charge in [-0.05, 0) is 112 Å². The topological polar surface area (TPSA) is 411 Å². The number of anilines is 4. The van der Waals surface area contributed by atoms with Crippen molar-refractivity contribution in [1.29, 1.82) is 5.26 Å². The lowest BCUT2D eigenvalue weighted by molar-refractivity contribution is -0.0366. The van der Waals surface area contributed by atoms with Crippen molar-refractivity contribution in [3.05, 3.63) is 99.2 Å². The number of H-pyrrole nitrogens is 1. The first-order valence-corrected chi connectivity index (χ1v) is 32.6. The molecule has 12 rings (SSSR count). The Balaban J connectivity index is 0.000000167. The van der Waals surface area contributed by atoms with Crippen LogP contribution >= 0.6 is 34.8 Å². The minimum Gasteiger partial charge on any atom is -0.461 e. The second kappa shape index (κ2) is 35.0. The zero-order chi connectivity index (χ0) is 73.1. The van der Waals surface area contributed by atoms with Crippen LogP contribution in [0, 0.1) is 25.2 Å². The third-order valence-corrected chi connectivity index (χ3v) is 15.9. The summed E-state index contributed by atoms with van der Waals surface area (Å²) in [4.78, 5) is 63.3. The first-order valence-electron chi connectivity index (χ1n) is 31.5. The van der Waals surface area contributed by atoms with Crippen LogP contribution < -0.4 is 27.0 Å². The molecule has 0 unspecified atom stereocenters. The zero-order valence-electron chi connectivity index (χ0n) is 54.4. The standard InChI is InChI=1S/C19H21F2N7O3.C13H14ClF2N5O.C11H14ClF2N5O.C11H11ClF2N4.C6H8N2O2/c1-3-30-17(29)13-6-9-28(26-13)18-24-14(16-22-11(2)31-27-16)10-15(25-18)23-12-4-7-19(20,21)8-5-12;1-7-17-11(21-22-7)9-6-10(20-12(14)19-9)18-8-2-4-13(15,16)5-3-8;12-10-17-7(9(15)19-20)5-8(18-10)16-6-1-3-11(13,14)4-2-6;12-10-17-8(6-15)5-9(18-10)16-7-1-3-11(13,14)4-2-7;1-2-10-6(9)5-3-4-7-8-5/h6,9-10,12H,3-5,7-8H2,1-2H3,(H,23,24,25);6,8H,2-5H2,1H3,(H,18,19,20);5-6,20H,1-4H2,(H2,15,19)(H,16,17,18);5,7H,1-4H2,(H,16,17,18);3-4H,2H2,1H3,(H,7,8). The maximum absolute atomic E-state index is 13.5. The number of carbonyl (C=O) groups is 2. The van der Waals surface area contributed by atoms with E-state index < -0.39 is 29.7 Å². The number of amidine groups is 1. The summed E-state index contributed by atoms with van der Waals surface area (Å²) in [5, 5.41) is 50.4. The number of halogens is 11. The van der Waals surface area contributed by atoms with Crippen molar-refractivity contribution in [2.75, 3.05) is 34.5 Å². The molecule has 30 nitrogen and oxygen atoms in total. The van der Waals surface area contributed by atoms with Crippen molar-refractivity contribution in [2.24, 2.45) is 10.9 Å². The van der Waals surface area contributed by atoms with Gasteiger partial charge in [0.1, 0.15) is 57.8 Å². The van der Waals surface area contributed by atoms with E-state index in [-0.39, 0.29) is 139 Å². The average Bonchev–Trinajstić information content (AvgIpc) is 1.76.